The Balaban J connectivity index is 2.35. The number of hydrogen-bond acceptors (Lipinski definition) is 3. The van der Waals surface area contributed by atoms with Crippen molar-refractivity contribution in [2.75, 3.05) is 26.2 Å². The summed E-state index contributed by atoms with van der Waals surface area (Å²) in [6, 6.07) is 0.430. The predicted octanol–water partition coefficient (Wildman–Crippen LogP) is -2.06. The summed E-state index contributed by atoms with van der Waals surface area (Å²) in [5, 5.41) is 6.16. The number of nitrogens with one attached hydrogen (secondary N) is 2. The zero-order chi connectivity index (χ0) is 8.97. The molecule has 1 fully saturated rings. The fourth-order valence-electron chi connectivity index (χ4n) is 1.42. The molecule has 1 amide bonds. The smallest absolute Gasteiger partial charge is 0.235 e. The van der Waals surface area contributed by atoms with E-state index in [1.807, 2.05) is 4.90 Å². The molecule has 0 bridgehead atoms. The van der Waals surface area contributed by atoms with Gasteiger partial charge in [-0.05, 0) is 6.92 Å². The summed E-state index contributed by atoms with van der Waals surface area (Å²) in [5.74, 6) is 0.200. The summed E-state index contributed by atoms with van der Waals surface area (Å²) in [7, 11) is 1.80. The van der Waals surface area contributed by atoms with Crippen LogP contribution in [-0.4, -0.2) is 51.0 Å². The third-order valence-electron chi connectivity index (χ3n) is 2.05. The topological polar surface area (TPSA) is 44.4 Å². The zero-order valence-corrected chi connectivity index (χ0v) is 7.76. The Hall–Kier alpha value is -0.545. The van der Waals surface area contributed by atoms with Gasteiger partial charge >= 0.3 is 0 Å². The summed E-state index contributed by atoms with van der Waals surface area (Å²) in [5.41, 5.74) is 0. The van der Waals surface area contributed by atoms with Crippen LogP contribution in [0.5, 0.6) is 0 Å². The number of carbonyl (C=O) groups is 1. The molecule has 0 radical (unpaired) electrons. The third-order valence-corrected chi connectivity index (χ3v) is 2.05. The van der Waals surface area contributed by atoms with Crippen LogP contribution in [0, 0.1) is 0 Å². The molecule has 1 atom stereocenters. The second-order valence-electron chi connectivity index (χ2n) is 3.23. The van der Waals surface area contributed by atoms with E-state index in [4.69, 9.17) is 0 Å². The molecular weight excluding hydrogens is 153 g/mol. The van der Waals surface area contributed by atoms with Gasteiger partial charge in [-0.15, -0.1) is 0 Å². The molecule has 0 saturated carbocycles. The van der Waals surface area contributed by atoms with Crippen molar-refractivity contribution in [3.8, 4) is 0 Å². The van der Waals surface area contributed by atoms with E-state index in [2.05, 4.69) is 17.5 Å². The van der Waals surface area contributed by atoms with E-state index in [1.165, 1.54) is 0 Å². The maximum absolute atomic E-state index is 11.4. The molecule has 68 valence electrons. The summed E-state index contributed by atoms with van der Waals surface area (Å²) in [6.07, 6.45) is 0. The summed E-state index contributed by atoms with van der Waals surface area (Å²) >= 11 is 0. The Bertz CT molecular complexity index is 165. The highest BCUT2D eigenvalue weighted by Crippen LogP contribution is 1.97. The number of amides is 1. The van der Waals surface area contributed by atoms with Crippen LogP contribution >= 0.6 is 0 Å². The highest BCUT2D eigenvalue weighted by molar-refractivity contribution is 6.06. The summed E-state index contributed by atoms with van der Waals surface area (Å²) < 4.78 is 0. The van der Waals surface area contributed by atoms with E-state index in [9.17, 15) is 4.79 Å². The van der Waals surface area contributed by atoms with Crippen molar-refractivity contribution in [1.82, 2.24) is 15.4 Å². The van der Waals surface area contributed by atoms with Crippen LogP contribution in [0.15, 0.2) is 0 Å². The van der Waals surface area contributed by atoms with Crippen molar-refractivity contribution in [2.45, 2.75) is 13.0 Å². The lowest BCUT2D eigenvalue weighted by atomic mass is 10.2. The van der Waals surface area contributed by atoms with Gasteiger partial charge in [-0.2, -0.15) is 0 Å². The van der Waals surface area contributed by atoms with Gasteiger partial charge in [0.05, 0.1) is 6.54 Å². The van der Waals surface area contributed by atoms with Crippen molar-refractivity contribution < 1.29 is 4.79 Å². The first-order valence-electron chi connectivity index (χ1n) is 4.40. The highest BCUT2D eigenvalue weighted by atomic mass is 16.2. The fourth-order valence-corrected chi connectivity index (χ4v) is 1.42. The van der Waals surface area contributed by atoms with E-state index in [0.717, 1.165) is 19.6 Å². The van der Waals surface area contributed by atoms with Crippen LogP contribution in [0.4, 0.5) is 0 Å². The quantitative estimate of drug-likeness (QED) is 0.467. The van der Waals surface area contributed by atoms with Crippen LogP contribution < -0.4 is 10.5 Å². The van der Waals surface area contributed by atoms with Gasteiger partial charge in [-0.25, -0.2) is 0 Å². The molecule has 0 aliphatic carbocycles. The zero-order valence-electron chi connectivity index (χ0n) is 7.76. The van der Waals surface area contributed by atoms with Crippen LogP contribution in [-0.2, 0) is 4.79 Å². The molecule has 12 heavy (non-hydrogen) atoms. The molecule has 0 spiro atoms. The summed E-state index contributed by atoms with van der Waals surface area (Å²) in [4.78, 5) is 13.3. The lowest BCUT2D eigenvalue weighted by molar-refractivity contribution is -0.131. The largest absolute Gasteiger partial charge is 0.354 e. The standard InChI is InChI=1S/C7H16BN3O/c1-6-5-11(3-2-9-6)7(12)4-10-8/h6,9-10H,2-5,8H2,1H3/t6-/m0/s1. The molecule has 1 rings (SSSR count). The molecule has 1 heterocycles. The van der Waals surface area contributed by atoms with Gasteiger partial charge < -0.3 is 15.4 Å². The SMILES string of the molecule is BNCC(=O)N1CCN[C@@H](C)C1. The van der Waals surface area contributed by atoms with Crippen molar-refractivity contribution in [3.05, 3.63) is 0 Å². The molecule has 1 saturated heterocycles. The summed E-state index contributed by atoms with van der Waals surface area (Å²) in [6.45, 7) is 5.13. The van der Waals surface area contributed by atoms with Gasteiger partial charge in [0.1, 0.15) is 0 Å². The van der Waals surface area contributed by atoms with Gasteiger partial charge in [0.15, 0.2) is 7.98 Å². The van der Waals surface area contributed by atoms with Crippen molar-refractivity contribution >= 4 is 13.9 Å². The molecule has 0 unspecified atom stereocenters. The third kappa shape index (κ3) is 2.50. The Labute approximate surface area is 74.1 Å². The average Bonchev–Trinajstić information content (AvgIpc) is 2.05. The highest BCUT2D eigenvalue weighted by Gasteiger charge is 2.18. The minimum Gasteiger partial charge on any atom is -0.354 e. The van der Waals surface area contributed by atoms with Crippen LogP contribution in [0.25, 0.3) is 0 Å². The molecule has 4 nitrogen and oxygen atoms in total. The lowest BCUT2D eigenvalue weighted by Gasteiger charge is -2.31. The van der Waals surface area contributed by atoms with Crippen molar-refractivity contribution in [2.24, 2.45) is 0 Å². The molecule has 1 aliphatic rings. The van der Waals surface area contributed by atoms with Gasteiger partial charge in [0.25, 0.3) is 0 Å². The number of rotatable bonds is 2. The number of piperazine rings is 1. The first-order valence-corrected chi connectivity index (χ1v) is 4.40. The van der Waals surface area contributed by atoms with E-state index < -0.39 is 0 Å². The second kappa shape index (κ2) is 4.47. The van der Waals surface area contributed by atoms with Crippen LogP contribution in [0.1, 0.15) is 6.92 Å². The first kappa shape index (κ1) is 9.54. The fraction of sp³-hybridized carbons (Fsp3) is 0.857. The van der Waals surface area contributed by atoms with E-state index in [1.54, 1.807) is 7.98 Å². The van der Waals surface area contributed by atoms with Crippen LogP contribution in [0.2, 0.25) is 0 Å². The second-order valence-corrected chi connectivity index (χ2v) is 3.23. The number of hydrogen-bond donors (Lipinski definition) is 2. The van der Waals surface area contributed by atoms with Gasteiger partial charge in [-0.1, -0.05) is 0 Å². The minimum atomic E-state index is 0.200. The van der Waals surface area contributed by atoms with E-state index in [-0.39, 0.29) is 5.91 Å². The molecular formula is C7H16BN3O. The minimum absolute atomic E-state index is 0.200. The average molecular weight is 169 g/mol. The van der Waals surface area contributed by atoms with Gasteiger partial charge in [-0.3, -0.25) is 4.79 Å². The predicted molar refractivity (Wildman–Crippen MR) is 50.6 cm³/mol. The first-order chi connectivity index (χ1) is 5.74. The normalized spacial score (nSPS) is 24.1. The number of carbonyl (C=O) groups excluding carboxylic acids is 1. The Morgan fingerprint density at radius 3 is 3.17 bits per heavy atom. The monoisotopic (exact) mass is 169 g/mol. The lowest BCUT2D eigenvalue weighted by Crippen LogP contribution is -2.53. The molecule has 0 aromatic rings. The molecule has 0 aromatic carbocycles. The van der Waals surface area contributed by atoms with E-state index in [0.29, 0.717) is 12.6 Å². The Morgan fingerprint density at radius 2 is 2.58 bits per heavy atom. The van der Waals surface area contributed by atoms with Gasteiger partial charge in [0.2, 0.25) is 5.91 Å². The molecule has 5 heteroatoms. The molecule has 1 aliphatic heterocycles. The Kier molecular flexibility index (Phi) is 3.56. The maximum Gasteiger partial charge on any atom is 0.235 e. The molecule has 2 N–H and O–H groups in total. The van der Waals surface area contributed by atoms with E-state index >= 15 is 0 Å². The van der Waals surface area contributed by atoms with Crippen molar-refractivity contribution in [1.29, 1.82) is 0 Å². The van der Waals surface area contributed by atoms with Crippen molar-refractivity contribution in [3.63, 3.8) is 0 Å². The maximum atomic E-state index is 11.4. The van der Waals surface area contributed by atoms with Gasteiger partial charge in [0, 0.05) is 25.7 Å². The number of nitrogens with zero attached hydrogens (tertiary/aromatic N) is 1. The molecule has 0 aromatic heterocycles. The Morgan fingerprint density at radius 1 is 1.83 bits per heavy atom. The van der Waals surface area contributed by atoms with Crippen LogP contribution in [0.3, 0.4) is 0 Å².